The number of hydrogen-bond donors (Lipinski definition) is 1. The zero-order valence-electron chi connectivity index (χ0n) is 13.3. The first-order valence-electron chi connectivity index (χ1n) is 8.61. The topological polar surface area (TPSA) is 36.4 Å². The zero-order chi connectivity index (χ0) is 14.8. The lowest BCUT2D eigenvalue weighted by atomic mass is 9.78. The van der Waals surface area contributed by atoms with Crippen LogP contribution >= 0.6 is 11.3 Å². The molecule has 2 aliphatic rings. The molecule has 0 aromatic carbocycles. The van der Waals surface area contributed by atoms with Gasteiger partial charge in [-0.3, -0.25) is 0 Å². The maximum absolute atomic E-state index is 9.66. The van der Waals surface area contributed by atoms with Crippen molar-refractivity contribution in [1.82, 2.24) is 4.98 Å². The van der Waals surface area contributed by atoms with E-state index in [0.717, 1.165) is 29.5 Å². The second kappa shape index (κ2) is 6.66. The fourth-order valence-corrected chi connectivity index (χ4v) is 5.15. The van der Waals surface area contributed by atoms with Crippen molar-refractivity contribution in [3.05, 3.63) is 10.6 Å². The van der Waals surface area contributed by atoms with Crippen LogP contribution in [0.1, 0.15) is 75.3 Å². The van der Waals surface area contributed by atoms with Crippen LogP contribution in [0.3, 0.4) is 0 Å². The fourth-order valence-electron chi connectivity index (χ4n) is 4.03. The molecule has 1 saturated carbocycles. The summed E-state index contributed by atoms with van der Waals surface area (Å²) in [7, 11) is 0. The van der Waals surface area contributed by atoms with Gasteiger partial charge in [0.05, 0.1) is 17.2 Å². The normalized spacial score (nSPS) is 27.5. The van der Waals surface area contributed by atoms with Crippen LogP contribution in [0.25, 0.3) is 0 Å². The van der Waals surface area contributed by atoms with Gasteiger partial charge >= 0.3 is 0 Å². The Morgan fingerprint density at radius 1 is 1.29 bits per heavy atom. The highest BCUT2D eigenvalue weighted by Crippen LogP contribution is 2.40. The van der Waals surface area contributed by atoms with Crippen LogP contribution in [0.15, 0.2) is 0 Å². The van der Waals surface area contributed by atoms with Gasteiger partial charge < -0.3 is 10.0 Å². The Kier molecular flexibility index (Phi) is 4.85. The smallest absolute Gasteiger partial charge is 0.186 e. The van der Waals surface area contributed by atoms with Gasteiger partial charge in [-0.05, 0) is 43.9 Å². The van der Waals surface area contributed by atoms with Gasteiger partial charge in [0.2, 0.25) is 0 Å². The molecule has 2 heterocycles. The third-order valence-electron chi connectivity index (χ3n) is 5.43. The van der Waals surface area contributed by atoms with Gasteiger partial charge in [0, 0.05) is 12.6 Å². The summed E-state index contributed by atoms with van der Waals surface area (Å²) in [4.78, 5) is 8.60. The van der Waals surface area contributed by atoms with Crippen LogP contribution in [0.4, 0.5) is 5.13 Å². The number of aliphatic hydroxyl groups is 1. The number of hydrogen-bond acceptors (Lipinski definition) is 4. The highest BCUT2D eigenvalue weighted by Gasteiger charge is 2.35. The summed E-state index contributed by atoms with van der Waals surface area (Å²) in [6.07, 6.45) is 9.30. The van der Waals surface area contributed by atoms with Gasteiger partial charge in [-0.2, -0.15) is 0 Å². The van der Waals surface area contributed by atoms with Gasteiger partial charge in [-0.25, -0.2) is 4.98 Å². The van der Waals surface area contributed by atoms with E-state index in [1.54, 1.807) is 11.3 Å². The molecule has 0 radical (unpaired) electrons. The molecule has 0 amide bonds. The molecule has 1 saturated heterocycles. The third kappa shape index (κ3) is 2.98. The minimum atomic E-state index is 0.138. The van der Waals surface area contributed by atoms with E-state index >= 15 is 0 Å². The van der Waals surface area contributed by atoms with E-state index in [1.165, 1.54) is 43.7 Å². The fraction of sp³-hybridized carbons (Fsp3) is 0.824. The Morgan fingerprint density at radius 3 is 2.81 bits per heavy atom. The van der Waals surface area contributed by atoms with Gasteiger partial charge in [0.25, 0.3) is 0 Å². The summed E-state index contributed by atoms with van der Waals surface area (Å²) in [5.74, 6) is 1.32. The molecule has 4 heteroatoms. The van der Waals surface area contributed by atoms with E-state index in [2.05, 4.69) is 18.7 Å². The molecule has 2 fully saturated rings. The number of nitrogens with zero attached hydrogens (tertiary/aromatic N) is 2. The molecular weight excluding hydrogens is 280 g/mol. The molecule has 3 nitrogen and oxygen atoms in total. The monoisotopic (exact) mass is 308 g/mol. The molecule has 1 aliphatic heterocycles. The number of rotatable bonds is 4. The van der Waals surface area contributed by atoms with E-state index in [0.29, 0.717) is 12.0 Å². The highest BCUT2D eigenvalue weighted by molar-refractivity contribution is 7.15. The lowest BCUT2D eigenvalue weighted by Gasteiger charge is -2.44. The van der Waals surface area contributed by atoms with Crippen molar-refractivity contribution in [3.63, 3.8) is 0 Å². The van der Waals surface area contributed by atoms with Crippen molar-refractivity contribution in [2.75, 3.05) is 11.4 Å². The number of fused-ring (bicyclic) bond motifs is 1. The molecular formula is C17H28N2OS. The van der Waals surface area contributed by atoms with Crippen LogP contribution in [0, 0.1) is 5.92 Å². The summed E-state index contributed by atoms with van der Waals surface area (Å²) in [6, 6.07) is 0.704. The number of aliphatic hydroxyl groups excluding tert-OH is 1. The largest absolute Gasteiger partial charge is 0.391 e. The molecule has 0 bridgehead atoms. The standard InChI is InChI=1S/C17H28N2OS/c1-3-12(2)16-15(11-20)21-17(18-16)19-10-6-8-13-7-4-5-9-14(13)19/h12-14,20H,3-11H2,1-2H3/t12?,13-,14-/m1/s1. The second-order valence-corrected chi connectivity index (χ2v) is 7.78. The van der Waals surface area contributed by atoms with Gasteiger partial charge in [0.15, 0.2) is 5.13 Å². The second-order valence-electron chi connectivity index (χ2n) is 6.72. The van der Waals surface area contributed by atoms with E-state index < -0.39 is 0 Å². The molecule has 21 heavy (non-hydrogen) atoms. The van der Waals surface area contributed by atoms with Crippen LogP contribution in [-0.2, 0) is 6.61 Å². The Hall–Kier alpha value is -0.610. The Labute approximate surface area is 132 Å². The Bertz CT molecular complexity index is 471. The van der Waals surface area contributed by atoms with Gasteiger partial charge in [0.1, 0.15) is 0 Å². The minimum absolute atomic E-state index is 0.138. The maximum Gasteiger partial charge on any atom is 0.186 e. The molecule has 3 rings (SSSR count). The first kappa shape index (κ1) is 15.3. The average molecular weight is 308 g/mol. The molecule has 1 unspecified atom stereocenters. The van der Waals surface area contributed by atoms with Crippen molar-refractivity contribution in [3.8, 4) is 0 Å². The first-order chi connectivity index (χ1) is 10.2. The Morgan fingerprint density at radius 2 is 2.05 bits per heavy atom. The van der Waals surface area contributed by atoms with Crippen molar-refractivity contribution in [1.29, 1.82) is 0 Å². The summed E-state index contributed by atoms with van der Waals surface area (Å²) >= 11 is 1.73. The number of aromatic nitrogens is 1. The van der Waals surface area contributed by atoms with Gasteiger partial charge in [-0.1, -0.05) is 38.0 Å². The molecule has 1 aromatic heterocycles. The maximum atomic E-state index is 9.66. The molecule has 1 aliphatic carbocycles. The van der Waals surface area contributed by atoms with Crippen LogP contribution in [0.2, 0.25) is 0 Å². The summed E-state index contributed by atoms with van der Waals surface area (Å²) in [5.41, 5.74) is 1.14. The highest BCUT2D eigenvalue weighted by atomic mass is 32.1. The molecule has 1 aromatic rings. The molecule has 3 atom stereocenters. The molecule has 1 N–H and O–H groups in total. The summed E-state index contributed by atoms with van der Waals surface area (Å²) < 4.78 is 0. The van der Waals surface area contributed by atoms with Gasteiger partial charge in [-0.15, -0.1) is 0 Å². The predicted octanol–water partition coefficient (Wildman–Crippen LogP) is 4.31. The van der Waals surface area contributed by atoms with Crippen LogP contribution in [-0.4, -0.2) is 22.7 Å². The Balaban J connectivity index is 1.86. The number of piperidine rings is 1. The number of anilines is 1. The van der Waals surface area contributed by atoms with E-state index in [-0.39, 0.29) is 6.61 Å². The lowest BCUT2D eigenvalue weighted by molar-refractivity contribution is 0.243. The van der Waals surface area contributed by atoms with E-state index in [1.807, 2.05) is 0 Å². The van der Waals surface area contributed by atoms with E-state index in [4.69, 9.17) is 4.98 Å². The van der Waals surface area contributed by atoms with Crippen molar-refractivity contribution < 1.29 is 5.11 Å². The number of thiazole rings is 1. The molecule has 118 valence electrons. The third-order valence-corrected chi connectivity index (χ3v) is 6.52. The van der Waals surface area contributed by atoms with E-state index in [9.17, 15) is 5.11 Å². The van der Waals surface area contributed by atoms with Crippen molar-refractivity contribution >= 4 is 16.5 Å². The quantitative estimate of drug-likeness (QED) is 0.900. The SMILES string of the molecule is CCC(C)c1nc(N2CCC[C@H]3CCCC[C@H]32)sc1CO. The lowest BCUT2D eigenvalue weighted by Crippen LogP contribution is -2.46. The van der Waals surface area contributed by atoms with Crippen LogP contribution < -0.4 is 4.90 Å². The summed E-state index contributed by atoms with van der Waals surface area (Å²) in [5, 5.41) is 10.8. The minimum Gasteiger partial charge on any atom is -0.391 e. The average Bonchev–Trinajstić information content (AvgIpc) is 2.97. The first-order valence-corrected chi connectivity index (χ1v) is 9.43. The molecule has 0 spiro atoms. The van der Waals surface area contributed by atoms with Crippen LogP contribution in [0.5, 0.6) is 0 Å². The zero-order valence-corrected chi connectivity index (χ0v) is 14.2. The summed E-state index contributed by atoms with van der Waals surface area (Å²) in [6.45, 7) is 5.71. The van der Waals surface area contributed by atoms with Crippen molar-refractivity contribution in [2.45, 2.75) is 77.4 Å². The van der Waals surface area contributed by atoms with Crippen molar-refractivity contribution in [2.24, 2.45) is 5.92 Å². The predicted molar refractivity (Wildman–Crippen MR) is 89.1 cm³/mol.